The number of amides is 1. The maximum atomic E-state index is 12.1. The molecule has 0 saturated carbocycles. The van der Waals surface area contributed by atoms with Gasteiger partial charge in [-0.15, -0.1) is 23.1 Å². The Morgan fingerprint density at radius 1 is 1.42 bits per heavy atom. The van der Waals surface area contributed by atoms with Crippen LogP contribution in [0.3, 0.4) is 0 Å². The second-order valence-corrected chi connectivity index (χ2v) is 9.68. The van der Waals surface area contributed by atoms with Gasteiger partial charge in [-0.2, -0.15) is 0 Å². The second kappa shape index (κ2) is 6.94. The summed E-state index contributed by atoms with van der Waals surface area (Å²) in [5.74, 6) is 1.20. The van der Waals surface area contributed by atoms with Crippen LogP contribution >= 0.6 is 23.1 Å². The number of nitrogens with zero attached hydrogens (tertiary/aromatic N) is 3. The minimum Gasteiger partial charge on any atom is -0.367 e. The van der Waals surface area contributed by atoms with Crippen LogP contribution in [-0.4, -0.2) is 70.1 Å². The number of hydrogen-bond acceptors (Lipinski definition) is 6. The second-order valence-electron chi connectivity index (χ2n) is 7.25. The molecule has 7 heteroatoms. The van der Waals surface area contributed by atoms with Crippen molar-refractivity contribution in [2.45, 2.75) is 43.6 Å². The lowest BCUT2D eigenvalue weighted by atomic mass is 9.93. The van der Waals surface area contributed by atoms with E-state index in [4.69, 9.17) is 4.74 Å². The average molecular weight is 368 g/mol. The molecule has 3 aliphatic rings. The van der Waals surface area contributed by atoms with Gasteiger partial charge < -0.3 is 9.64 Å². The molecule has 3 aliphatic heterocycles. The van der Waals surface area contributed by atoms with Gasteiger partial charge in [-0.3, -0.25) is 9.69 Å². The Morgan fingerprint density at radius 2 is 2.21 bits per heavy atom. The summed E-state index contributed by atoms with van der Waals surface area (Å²) in [6, 6.07) is 0. The van der Waals surface area contributed by atoms with Crippen molar-refractivity contribution in [3.8, 4) is 0 Å². The van der Waals surface area contributed by atoms with Gasteiger partial charge in [-0.25, -0.2) is 4.98 Å². The lowest BCUT2D eigenvalue weighted by molar-refractivity contribution is -0.136. The van der Waals surface area contributed by atoms with E-state index in [9.17, 15) is 4.79 Å². The van der Waals surface area contributed by atoms with Crippen LogP contribution in [0.4, 0.5) is 0 Å². The zero-order valence-electron chi connectivity index (χ0n) is 14.2. The molecule has 3 saturated heterocycles. The molecule has 0 aromatic carbocycles. The van der Waals surface area contributed by atoms with Crippen LogP contribution in [-0.2, 0) is 16.1 Å². The van der Waals surface area contributed by atoms with E-state index >= 15 is 0 Å². The van der Waals surface area contributed by atoms with E-state index in [1.165, 1.54) is 5.01 Å². The van der Waals surface area contributed by atoms with Gasteiger partial charge in [0.05, 0.1) is 12.6 Å². The first-order valence-electron chi connectivity index (χ1n) is 8.79. The number of carbonyl (C=O) groups is 1. The molecule has 4 rings (SSSR count). The normalized spacial score (nSPS) is 26.2. The van der Waals surface area contributed by atoms with Gasteiger partial charge in [0, 0.05) is 47.8 Å². The number of ether oxygens (including phenoxy) is 1. The molecule has 1 amide bonds. The van der Waals surface area contributed by atoms with E-state index in [-0.39, 0.29) is 18.6 Å². The van der Waals surface area contributed by atoms with Crippen molar-refractivity contribution < 1.29 is 9.53 Å². The topological polar surface area (TPSA) is 45.7 Å². The third-order valence-corrected chi connectivity index (χ3v) is 7.65. The highest BCUT2D eigenvalue weighted by molar-refractivity contribution is 8.01. The van der Waals surface area contributed by atoms with E-state index in [0.717, 1.165) is 63.4 Å². The van der Waals surface area contributed by atoms with Crippen LogP contribution < -0.4 is 0 Å². The zero-order chi connectivity index (χ0) is 16.6. The number of hydrogen-bond donors (Lipinski definition) is 0. The summed E-state index contributed by atoms with van der Waals surface area (Å²) in [5, 5.41) is 3.34. The van der Waals surface area contributed by atoms with Crippen LogP contribution in [0.1, 0.15) is 30.0 Å². The number of likely N-dealkylation sites (tertiary alicyclic amines) is 2. The van der Waals surface area contributed by atoms with Crippen molar-refractivity contribution in [3.05, 3.63) is 16.1 Å². The Labute approximate surface area is 151 Å². The smallest absolute Gasteiger partial charge is 0.248 e. The van der Waals surface area contributed by atoms with Crippen molar-refractivity contribution >= 4 is 29.0 Å². The molecule has 1 aromatic rings. The molecule has 0 radical (unpaired) electrons. The van der Waals surface area contributed by atoms with Gasteiger partial charge in [0.15, 0.2) is 0 Å². The molecule has 0 bridgehead atoms. The van der Waals surface area contributed by atoms with Gasteiger partial charge in [0.2, 0.25) is 5.91 Å². The van der Waals surface area contributed by atoms with E-state index in [0.29, 0.717) is 4.75 Å². The van der Waals surface area contributed by atoms with Crippen molar-refractivity contribution in [1.29, 1.82) is 0 Å². The van der Waals surface area contributed by atoms with E-state index in [1.54, 1.807) is 11.3 Å². The Kier molecular flexibility index (Phi) is 4.86. The standard InChI is InChI=1S/C17H25N3O2S2/c1-13-9-23-15(18-13)7-19-11-17(12-19)6-14(10-24-17)22-8-16(21)20-4-2-3-5-20/h9,14H,2-8,10-12H2,1H3. The van der Waals surface area contributed by atoms with E-state index in [1.807, 2.05) is 16.7 Å². The lowest BCUT2D eigenvalue weighted by Gasteiger charge is -2.47. The largest absolute Gasteiger partial charge is 0.367 e. The molecule has 1 unspecified atom stereocenters. The van der Waals surface area contributed by atoms with Gasteiger partial charge in [0.1, 0.15) is 11.6 Å². The fraction of sp³-hybridized carbons (Fsp3) is 0.765. The fourth-order valence-electron chi connectivity index (χ4n) is 3.92. The molecule has 0 aliphatic carbocycles. The highest BCUT2D eigenvalue weighted by atomic mass is 32.2. The number of carbonyl (C=O) groups excluding carboxylic acids is 1. The Morgan fingerprint density at radius 3 is 2.92 bits per heavy atom. The maximum absolute atomic E-state index is 12.1. The van der Waals surface area contributed by atoms with Crippen LogP contribution in [0.15, 0.2) is 5.38 Å². The summed E-state index contributed by atoms with van der Waals surface area (Å²) in [6.45, 7) is 7.36. The van der Waals surface area contributed by atoms with Gasteiger partial charge in [-0.05, 0) is 26.2 Å². The predicted molar refractivity (Wildman–Crippen MR) is 97.5 cm³/mol. The number of aromatic nitrogens is 1. The SMILES string of the molecule is Cc1csc(CN2CC3(CC(OCC(=O)N4CCCC4)CS3)C2)n1. The number of thiazole rings is 1. The molecule has 4 heterocycles. The first-order chi connectivity index (χ1) is 11.6. The Hall–Kier alpha value is -0.630. The van der Waals surface area contributed by atoms with E-state index in [2.05, 4.69) is 22.2 Å². The number of rotatable bonds is 5. The zero-order valence-corrected chi connectivity index (χ0v) is 15.8. The number of thioether (sulfide) groups is 1. The molecular formula is C17H25N3O2S2. The molecule has 3 fully saturated rings. The lowest BCUT2D eigenvalue weighted by Crippen LogP contribution is -2.58. The predicted octanol–water partition coefficient (Wildman–Crippen LogP) is 2.15. The van der Waals surface area contributed by atoms with Gasteiger partial charge >= 0.3 is 0 Å². The van der Waals surface area contributed by atoms with Gasteiger partial charge in [-0.1, -0.05) is 0 Å². The fourth-order valence-corrected chi connectivity index (χ4v) is 6.34. The third-order valence-electron chi connectivity index (χ3n) is 5.13. The Balaban J connectivity index is 1.19. The molecular weight excluding hydrogens is 342 g/mol. The first-order valence-corrected chi connectivity index (χ1v) is 10.7. The van der Waals surface area contributed by atoms with Crippen molar-refractivity contribution in [2.24, 2.45) is 0 Å². The number of aryl methyl sites for hydroxylation is 1. The molecule has 5 nitrogen and oxygen atoms in total. The molecule has 132 valence electrons. The molecule has 0 N–H and O–H groups in total. The van der Waals surface area contributed by atoms with Crippen LogP contribution in [0, 0.1) is 6.92 Å². The van der Waals surface area contributed by atoms with Crippen molar-refractivity contribution in [1.82, 2.24) is 14.8 Å². The minimum absolute atomic E-state index is 0.174. The average Bonchev–Trinajstić information content (AvgIpc) is 3.25. The summed E-state index contributed by atoms with van der Waals surface area (Å²) < 4.78 is 6.28. The summed E-state index contributed by atoms with van der Waals surface area (Å²) in [7, 11) is 0. The Bertz CT molecular complexity index is 594. The maximum Gasteiger partial charge on any atom is 0.248 e. The summed E-state index contributed by atoms with van der Waals surface area (Å²) in [4.78, 5) is 21.1. The molecule has 1 atom stereocenters. The molecule has 1 spiro atoms. The first kappa shape index (κ1) is 16.8. The minimum atomic E-state index is 0.174. The molecule has 1 aromatic heterocycles. The van der Waals surface area contributed by atoms with Crippen LogP contribution in [0.5, 0.6) is 0 Å². The monoisotopic (exact) mass is 367 g/mol. The highest BCUT2D eigenvalue weighted by Gasteiger charge is 2.49. The third kappa shape index (κ3) is 3.64. The van der Waals surface area contributed by atoms with Gasteiger partial charge in [0.25, 0.3) is 0 Å². The highest BCUT2D eigenvalue weighted by Crippen LogP contribution is 2.46. The van der Waals surface area contributed by atoms with Crippen LogP contribution in [0.2, 0.25) is 0 Å². The summed E-state index contributed by atoms with van der Waals surface area (Å²) in [5.41, 5.74) is 1.12. The van der Waals surface area contributed by atoms with Crippen molar-refractivity contribution in [3.63, 3.8) is 0 Å². The van der Waals surface area contributed by atoms with E-state index < -0.39 is 0 Å². The summed E-state index contributed by atoms with van der Waals surface area (Å²) in [6.07, 6.45) is 3.61. The molecule has 24 heavy (non-hydrogen) atoms. The quantitative estimate of drug-likeness (QED) is 0.798. The van der Waals surface area contributed by atoms with Crippen molar-refractivity contribution in [2.75, 3.05) is 38.5 Å². The van der Waals surface area contributed by atoms with Crippen LogP contribution in [0.25, 0.3) is 0 Å². The summed E-state index contributed by atoms with van der Waals surface area (Å²) >= 11 is 3.79.